The molecule has 0 aliphatic carbocycles. The molecule has 1 heterocycles. The van der Waals surface area contributed by atoms with Crippen LogP contribution in [-0.4, -0.2) is 37.4 Å². The average Bonchev–Trinajstić information content (AvgIpc) is 2.81. The summed E-state index contributed by atoms with van der Waals surface area (Å²) in [7, 11) is 1.54. The first-order chi connectivity index (χ1) is 10.1. The molecule has 2 N–H and O–H groups in total. The predicted molar refractivity (Wildman–Crippen MR) is 86.0 cm³/mol. The summed E-state index contributed by atoms with van der Waals surface area (Å²) in [4.78, 5) is 11.9. The third-order valence-electron chi connectivity index (χ3n) is 3.13. The first-order valence-electron chi connectivity index (χ1n) is 6.69. The molecule has 0 aliphatic heterocycles. The Morgan fingerprint density at radius 3 is 3.10 bits per heavy atom. The number of carbonyl (C=O) groups is 1. The smallest absolute Gasteiger partial charge is 0.224 e. The van der Waals surface area contributed by atoms with Gasteiger partial charge in [-0.1, -0.05) is 11.6 Å². The zero-order valence-corrected chi connectivity index (χ0v) is 13.3. The van der Waals surface area contributed by atoms with E-state index in [1.54, 1.807) is 11.3 Å². The van der Waals surface area contributed by atoms with E-state index in [1.807, 2.05) is 23.6 Å². The number of halogens is 1. The van der Waals surface area contributed by atoms with Crippen molar-refractivity contribution in [2.75, 3.05) is 20.3 Å². The number of amides is 1. The molecular weight excluding hydrogens is 310 g/mol. The highest BCUT2D eigenvalue weighted by atomic mass is 35.5. The molecule has 0 spiro atoms. The van der Waals surface area contributed by atoms with Crippen LogP contribution in [-0.2, 0) is 16.0 Å². The zero-order valence-electron chi connectivity index (χ0n) is 11.8. The van der Waals surface area contributed by atoms with Gasteiger partial charge in [0.15, 0.2) is 0 Å². The Balaban J connectivity index is 1.88. The number of carbonyl (C=O) groups excluding carboxylic acids is 1. The summed E-state index contributed by atoms with van der Waals surface area (Å²) in [6.07, 6.45) is 0.257. The number of benzene rings is 1. The quantitative estimate of drug-likeness (QED) is 0.822. The fourth-order valence-corrected chi connectivity index (χ4v) is 3.20. The van der Waals surface area contributed by atoms with Crippen molar-refractivity contribution < 1.29 is 14.6 Å². The first-order valence-corrected chi connectivity index (χ1v) is 7.95. The molecule has 0 aliphatic rings. The van der Waals surface area contributed by atoms with Crippen LogP contribution in [0.1, 0.15) is 12.0 Å². The van der Waals surface area contributed by atoms with Crippen LogP contribution in [0.5, 0.6) is 0 Å². The minimum atomic E-state index is -0.545. The fourth-order valence-electron chi connectivity index (χ4n) is 2.08. The molecule has 6 heteroatoms. The van der Waals surface area contributed by atoms with Gasteiger partial charge >= 0.3 is 0 Å². The van der Waals surface area contributed by atoms with Crippen LogP contribution in [0.25, 0.3) is 10.1 Å². The molecular formula is C15H18ClNO3S. The molecule has 2 aromatic rings. The standard InChI is InChI=1S/C15H18ClNO3S/c1-20-8-12(18)4-5-17-15(19)6-10-9-21-14-3-2-11(16)7-13(10)14/h2-3,7,9,12,18H,4-6,8H2,1H3,(H,17,19). The number of hydrogen-bond acceptors (Lipinski definition) is 4. The van der Waals surface area contributed by atoms with Crippen LogP contribution in [0, 0.1) is 0 Å². The SMILES string of the molecule is COCC(O)CCNC(=O)Cc1csc2ccc(Cl)cc12. The van der Waals surface area contributed by atoms with Crippen molar-refractivity contribution in [1.29, 1.82) is 0 Å². The number of aliphatic hydroxyl groups excluding tert-OH is 1. The lowest BCUT2D eigenvalue weighted by Crippen LogP contribution is -2.29. The van der Waals surface area contributed by atoms with E-state index in [0.717, 1.165) is 15.6 Å². The summed E-state index contributed by atoms with van der Waals surface area (Å²) in [5.74, 6) is -0.0562. The van der Waals surface area contributed by atoms with Crippen molar-refractivity contribution in [3.05, 3.63) is 34.2 Å². The number of fused-ring (bicyclic) bond motifs is 1. The van der Waals surface area contributed by atoms with E-state index in [1.165, 1.54) is 7.11 Å². The summed E-state index contributed by atoms with van der Waals surface area (Å²) in [6, 6.07) is 5.70. The second kappa shape index (κ2) is 7.75. The summed E-state index contributed by atoms with van der Waals surface area (Å²) >= 11 is 7.60. The third kappa shape index (κ3) is 4.68. The van der Waals surface area contributed by atoms with Gasteiger partial charge in [0.05, 0.1) is 19.1 Å². The van der Waals surface area contributed by atoms with Crippen LogP contribution >= 0.6 is 22.9 Å². The molecule has 1 unspecified atom stereocenters. The van der Waals surface area contributed by atoms with E-state index in [-0.39, 0.29) is 12.5 Å². The second-order valence-corrected chi connectivity index (χ2v) is 6.17. The Morgan fingerprint density at radius 2 is 2.33 bits per heavy atom. The van der Waals surface area contributed by atoms with Crippen molar-refractivity contribution in [1.82, 2.24) is 5.32 Å². The molecule has 1 atom stereocenters. The summed E-state index contributed by atoms with van der Waals surface area (Å²) in [5, 5.41) is 16.0. The average molecular weight is 328 g/mol. The summed E-state index contributed by atoms with van der Waals surface area (Å²) in [6.45, 7) is 0.718. The fraction of sp³-hybridized carbons (Fsp3) is 0.400. The second-order valence-electron chi connectivity index (χ2n) is 4.83. The van der Waals surface area contributed by atoms with Crippen molar-refractivity contribution in [2.45, 2.75) is 18.9 Å². The van der Waals surface area contributed by atoms with Gasteiger partial charge < -0.3 is 15.2 Å². The first kappa shape index (κ1) is 16.2. The zero-order chi connectivity index (χ0) is 15.2. The molecule has 114 valence electrons. The van der Waals surface area contributed by atoms with Gasteiger partial charge in [-0.15, -0.1) is 11.3 Å². The number of thiophene rings is 1. The minimum Gasteiger partial charge on any atom is -0.391 e. The molecule has 1 aromatic heterocycles. The van der Waals surface area contributed by atoms with Gasteiger partial charge in [0.2, 0.25) is 5.91 Å². The Kier molecular flexibility index (Phi) is 5.99. The lowest BCUT2D eigenvalue weighted by molar-refractivity contribution is -0.120. The van der Waals surface area contributed by atoms with E-state index >= 15 is 0 Å². The van der Waals surface area contributed by atoms with Crippen LogP contribution in [0.2, 0.25) is 5.02 Å². The number of nitrogens with one attached hydrogen (secondary N) is 1. The Bertz CT molecular complexity index is 614. The Morgan fingerprint density at radius 1 is 1.52 bits per heavy atom. The maximum atomic E-state index is 11.9. The molecule has 2 rings (SSSR count). The Labute approximate surface area is 132 Å². The molecule has 1 aromatic carbocycles. The largest absolute Gasteiger partial charge is 0.391 e. The van der Waals surface area contributed by atoms with E-state index in [9.17, 15) is 9.90 Å². The van der Waals surface area contributed by atoms with Crippen molar-refractivity contribution in [2.24, 2.45) is 0 Å². The lowest BCUT2D eigenvalue weighted by Gasteiger charge is -2.10. The van der Waals surface area contributed by atoms with Crippen LogP contribution in [0.4, 0.5) is 0 Å². The van der Waals surface area contributed by atoms with E-state index < -0.39 is 6.10 Å². The van der Waals surface area contributed by atoms with E-state index in [0.29, 0.717) is 24.4 Å². The van der Waals surface area contributed by atoms with Gasteiger partial charge in [-0.2, -0.15) is 0 Å². The lowest BCUT2D eigenvalue weighted by atomic mass is 10.1. The maximum Gasteiger partial charge on any atom is 0.224 e. The molecule has 0 bridgehead atoms. The molecule has 4 nitrogen and oxygen atoms in total. The third-order valence-corrected chi connectivity index (χ3v) is 4.37. The monoisotopic (exact) mass is 327 g/mol. The van der Waals surface area contributed by atoms with Gasteiger partial charge in [-0.25, -0.2) is 0 Å². The number of methoxy groups -OCH3 is 1. The molecule has 0 fully saturated rings. The maximum absolute atomic E-state index is 11.9. The molecule has 21 heavy (non-hydrogen) atoms. The Hall–Kier alpha value is -1.14. The van der Waals surface area contributed by atoms with Gasteiger partial charge in [0.1, 0.15) is 0 Å². The molecule has 1 amide bonds. The van der Waals surface area contributed by atoms with Crippen LogP contribution < -0.4 is 5.32 Å². The highest BCUT2D eigenvalue weighted by Crippen LogP contribution is 2.28. The van der Waals surface area contributed by atoms with Crippen LogP contribution in [0.3, 0.4) is 0 Å². The summed E-state index contributed by atoms with van der Waals surface area (Å²) in [5.41, 5.74) is 0.979. The number of rotatable bonds is 7. The minimum absolute atomic E-state index is 0.0562. The number of aliphatic hydroxyl groups is 1. The molecule has 0 radical (unpaired) electrons. The highest BCUT2D eigenvalue weighted by Gasteiger charge is 2.10. The predicted octanol–water partition coefficient (Wildman–Crippen LogP) is 2.61. The van der Waals surface area contributed by atoms with E-state index in [2.05, 4.69) is 5.32 Å². The van der Waals surface area contributed by atoms with Gasteiger partial charge in [-0.3, -0.25) is 4.79 Å². The van der Waals surface area contributed by atoms with Crippen molar-refractivity contribution >= 4 is 38.9 Å². The van der Waals surface area contributed by atoms with Crippen molar-refractivity contribution in [3.8, 4) is 0 Å². The van der Waals surface area contributed by atoms with Gasteiger partial charge in [0, 0.05) is 23.4 Å². The number of hydrogen-bond donors (Lipinski definition) is 2. The molecule has 0 saturated heterocycles. The van der Waals surface area contributed by atoms with Gasteiger partial charge in [0.25, 0.3) is 0 Å². The molecule has 0 saturated carbocycles. The number of ether oxygens (including phenoxy) is 1. The topological polar surface area (TPSA) is 58.6 Å². The van der Waals surface area contributed by atoms with E-state index in [4.69, 9.17) is 16.3 Å². The van der Waals surface area contributed by atoms with Crippen LogP contribution in [0.15, 0.2) is 23.6 Å². The highest BCUT2D eigenvalue weighted by molar-refractivity contribution is 7.17. The summed E-state index contributed by atoms with van der Waals surface area (Å²) < 4.78 is 5.95. The normalized spacial score (nSPS) is 12.5. The van der Waals surface area contributed by atoms with Gasteiger partial charge in [-0.05, 0) is 40.9 Å². The van der Waals surface area contributed by atoms with Crippen molar-refractivity contribution in [3.63, 3.8) is 0 Å².